The first kappa shape index (κ1) is 13.4. The lowest BCUT2D eigenvalue weighted by Crippen LogP contribution is -2.47. The topological polar surface area (TPSA) is 46.5 Å². The van der Waals surface area contributed by atoms with Crippen LogP contribution in [0.1, 0.15) is 39.0 Å². The number of aliphatic hydroxyl groups excluding tert-OH is 1. The molecule has 94 valence electrons. The smallest absolute Gasteiger partial charge is 0.379 e. The second kappa shape index (κ2) is 5.57. The van der Waals surface area contributed by atoms with Crippen LogP contribution in [-0.2, 0) is 9.53 Å². The van der Waals surface area contributed by atoms with Crippen LogP contribution in [0.15, 0.2) is 0 Å². The van der Waals surface area contributed by atoms with Crippen LogP contribution in [0.4, 0.5) is 8.78 Å². The summed E-state index contributed by atoms with van der Waals surface area (Å²) in [6.45, 7) is 1.35. The van der Waals surface area contributed by atoms with E-state index in [-0.39, 0.29) is 6.61 Å². The molecule has 0 bridgehead atoms. The highest BCUT2D eigenvalue weighted by atomic mass is 19.3. The molecule has 0 aromatic carbocycles. The number of carbonyl (C=O) groups is 1. The van der Waals surface area contributed by atoms with Crippen molar-refractivity contribution in [1.82, 2.24) is 0 Å². The molecule has 3 nitrogen and oxygen atoms in total. The van der Waals surface area contributed by atoms with E-state index in [0.29, 0.717) is 12.8 Å². The average molecular weight is 236 g/mol. The molecular weight excluding hydrogens is 218 g/mol. The van der Waals surface area contributed by atoms with Gasteiger partial charge in [-0.05, 0) is 25.7 Å². The number of ether oxygens (including phenoxy) is 1. The molecule has 16 heavy (non-hydrogen) atoms. The fourth-order valence-corrected chi connectivity index (χ4v) is 2.09. The van der Waals surface area contributed by atoms with Crippen molar-refractivity contribution in [2.45, 2.75) is 51.1 Å². The fourth-order valence-electron chi connectivity index (χ4n) is 2.09. The summed E-state index contributed by atoms with van der Waals surface area (Å²) in [4.78, 5) is 11.0. The lowest BCUT2D eigenvalue weighted by atomic mass is 9.83. The monoisotopic (exact) mass is 236 g/mol. The Morgan fingerprint density at radius 2 is 2.00 bits per heavy atom. The minimum atomic E-state index is -3.78. The zero-order valence-corrected chi connectivity index (χ0v) is 9.42. The SMILES string of the molecule is CCOC(=O)C(F)(F)[C@H](O)C1CCCCC1. The first-order chi connectivity index (χ1) is 7.50. The summed E-state index contributed by atoms with van der Waals surface area (Å²) < 4.78 is 31.2. The van der Waals surface area contributed by atoms with Crippen LogP contribution in [0, 0.1) is 5.92 Å². The van der Waals surface area contributed by atoms with E-state index in [4.69, 9.17) is 0 Å². The normalized spacial score (nSPS) is 20.5. The van der Waals surface area contributed by atoms with E-state index in [0.717, 1.165) is 19.3 Å². The molecule has 1 rings (SSSR count). The Labute approximate surface area is 93.8 Å². The lowest BCUT2D eigenvalue weighted by molar-refractivity contribution is -0.195. The summed E-state index contributed by atoms with van der Waals surface area (Å²) in [5.74, 6) is -5.89. The van der Waals surface area contributed by atoms with Crippen molar-refractivity contribution in [3.63, 3.8) is 0 Å². The van der Waals surface area contributed by atoms with Gasteiger partial charge in [0.1, 0.15) is 6.10 Å². The fraction of sp³-hybridized carbons (Fsp3) is 0.909. The molecule has 0 amide bonds. The Balaban J connectivity index is 2.61. The summed E-state index contributed by atoms with van der Waals surface area (Å²) in [7, 11) is 0. The Morgan fingerprint density at radius 1 is 1.44 bits per heavy atom. The number of carbonyl (C=O) groups excluding carboxylic acids is 1. The third-order valence-corrected chi connectivity index (χ3v) is 3.02. The van der Waals surface area contributed by atoms with Gasteiger partial charge >= 0.3 is 11.9 Å². The Bertz CT molecular complexity index is 237. The third kappa shape index (κ3) is 2.90. The van der Waals surface area contributed by atoms with Gasteiger partial charge in [0.05, 0.1) is 6.61 Å². The molecule has 1 fully saturated rings. The standard InChI is InChI=1S/C11H18F2O3/c1-2-16-10(15)11(12,13)9(14)8-6-4-3-5-7-8/h8-9,14H,2-7H2,1H3/t9-/m1/s1. The molecule has 1 aliphatic rings. The summed E-state index contributed by atoms with van der Waals surface area (Å²) in [6, 6.07) is 0. The second-order valence-corrected chi connectivity index (χ2v) is 4.19. The van der Waals surface area contributed by atoms with Gasteiger partial charge in [-0.1, -0.05) is 19.3 Å². The molecule has 1 N–H and O–H groups in total. The van der Waals surface area contributed by atoms with Gasteiger partial charge in [0, 0.05) is 0 Å². The van der Waals surface area contributed by atoms with Crippen molar-refractivity contribution in [1.29, 1.82) is 0 Å². The quantitative estimate of drug-likeness (QED) is 0.760. The van der Waals surface area contributed by atoms with Gasteiger partial charge in [-0.15, -0.1) is 0 Å². The molecule has 5 heteroatoms. The van der Waals surface area contributed by atoms with E-state index in [1.54, 1.807) is 0 Å². The van der Waals surface area contributed by atoms with Crippen molar-refractivity contribution in [3.8, 4) is 0 Å². The van der Waals surface area contributed by atoms with Crippen LogP contribution in [0.5, 0.6) is 0 Å². The van der Waals surface area contributed by atoms with Crippen molar-refractivity contribution in [2.75, 3.05) is 6.61 Å². The van der Waals surface area contributed by atoms with E-state index in [1.165, 1.54) is 6.92 Å². The van der Waals surface area contributed by atoms with Gasteiger partial charge in [-0.2, -0.15) is 8.78 Å². The number of hydrogen-bond donors (Lipinski definition) is 1. The van der Waals surface area contributed by atoms with Crippen LogP contribution in [0.2, 0.25) is 0 Å². The van der Waals surface area contributed by atoms with Crippen molar-refractivity contribution in [2.24, 2.45) is 5.92 Å². The van der Waals surface area contributed by atoms with Crippen molar-refractivity contribution >= 4 is 5.97 Å². The van der Waals surface area contributed by atoms with Crippen LogP contribution < -0.4 is 0 Å². The average Bonchev–Trinajstić information content (AvgIpc) is 2.29. The van der Waals surface area contributed by atoms with Gasteiger partial charge < -0.3 is 9.84 Å². The zero-order chi connectivity index (χ0) is 12.2. The Morgan fingerprint density at radius 3 is 2.50 bits per heavy atom. The van der Waals surface area contributed by atoms with Gasteiger partial charge in [0.2, 0.25) is 0 Å². The number of rotatable bonds is 4. The minimum Gasteiger partial charge on any atom is -0.461 e. The van der Waals surface area contributed by atoms with E-state index in [9.17, 15) is 18.7 Å². The van der Waals surface area contributed by atoms with Gasteiger partial charge in [-0.3, -0.25) is 0 Å². The highest BCUT2D eigenvalue weighted by molar-refractivity contribution is 5.78. The maximum absolute atomic E-state index is 13.5. The van der Waals surface area contributed by atoms with Crippen LogP contribution in [0.25, 0.3) is 0 Å². The molecule has 1 atom stereocenters. The predicted octanol–water partition coefficient (Wildman–Crippen LogP) is 2.13. The molecule has 0 aliphatic heterocycles. The molecule has 0 spiro atoms. The summed E-state index contributed by atoms with van der Waals surface area (Å²) in [6.07, 6.45) is 1.87. The summed E-state index contributed by atoms with van der Waals surface area (Å²) >= 11 is 0. The van der Waals surface area contributed by atoms with E-state index < -0.39 is 23.9 Å². The summed E-state index contributed by atoms with van der Waals surface area (Å²) in [5.41, 5.74) is 0. The first-order valence-electron chi connectivity index (χ1n) is 5.73. The van der Waals surface area contributed by atoms with E-state index >= 15 is 0 Å². The van der Waals surface area contributed by atoms with Gasteiger partial charge in [0.15, 0.2) is 0 Å². The lowest BCUT2D eigenvalue weighted by Gasteiger charge is -2.30. The maximum Gasteiger partial charge on any atom is 0.379 e. The predicted molar refractivity (Wildman–Crippen MR) is 54.2 cm³/mol. The molecular formula is C11H18F2O3. The minimum absolute atomic E-state index is 0.105. The van der Waals surface area contributed by atoms with Crippen molar-refractivity contribution < 1.29 is 23.4 Å². The van der Waals surface area contributed by atoms with Gasteiger partial charge in [-0.25, -0.2) is 4.79 Å². The van der Waals surface area contributed by atoms with Gasteiger partial charge in [0.25, 0.3) is 0 Å². The zero-order valence-electron chi connectivity index (χ0n) is 9.42. The van der Waals surface area contributed by atoms with Crippen LogP contribution in [-0.4, -0.2) is 29.7 Å². The number of aliphatic hydroxyl groups is 1. The van der Waals surface area contributed by atoms with Crippen LogP contribution >= 0.6 is 0 Å². The third-order valence-electron chi connectivity index (χ3n) is 3.02. The van der Waals surface area contributed by atoms with Crippen LogP contribution in [0.3, 0.4) is 0 Å². The highest BCUT2D eigenvalue weighted by Crippen LogP contribution is 2.34. The molecule has 0 aromatic rings. The largest absolute Gasteiger partial charge is 0.461 e. The summed E-state index contributed by atoms with van der Waals surface area (Å²) in [5, 5.41) is 9.55. The van der Waals surface area contributed by atoms with Crippen molar-refractivity contribution in [3.05, 3.63) is 0 Å². The Hall–Kier alpha value is -0.710. The number of halogens is 2. The number of alkyl halides is 2. The first-order valence-corrected chi connectivity index (χ1v) is 5.73. The number of hydrogen-bond acceptors (Lipinski definition) is 3. The molecule has 1 saturated carbocycles. The molecule has 0 heterocycles. The van der Waals surface area contributed by atoms with E-state index in [1.807, 2.05) is 0 Å². The molecule has 0 unspecified atom stereocenters. The molecule has 0 saturated heterocycles. The molecule has 0 radical (unpaired) electrons. The Kier molecular flexibility index (Phi) is 4.65. The maximum atomic E-state index is 13.5. The highest BCUT2D eigenvalue weighted by Gasteiger charge is 2.51. The molecule has 1 aliphatic carbocycles. The second-order valence-electron chi connectivity index (χ2n) is 4.19. The number of esters is 1. The van der Waals surface area contributed by atoms with E-state index in [2.05, 4.69) is 4.74 Å². The molecule has 0 aromatic heterocycles.